The lowest BCUT2D eigenvalue weighted by molar-refractivity contribution is 1.25. The highest BCUT2D eigenvalue weighted by molar-refractivity contribution is 5.74. The minimum Gasteiger partial charge on any atom is -0.256 e. The van der Waals surface area contributed by atoms with Crippen LogP contribution in [0.5, 0.6) is 0 Å². The van der Waals surface area contributed by atoms with Crippen molar-refractivity contribution in [2.24, 2.45) is 0 Å². The first-order valence-corrected chi connectivity index (χ1v) is 7.25. The summed E-state index contributed by atoms with van der Waals surface area (Å²) in [5, 5.41) is 0. The molecule has 1 heterocycles. The van der Waals surface area contributed by atoms with Crippen LogP contribution in [-0.2, 0) is 0 Å². The number of rotatable bonds is 2. The molecule has 0 radical (unpaired) electrons. The highest BCUT2D eigenvalue weighted by Crippen LogP contribution is 2.29. The number of hydrogen-bond acceptors (Lipinski definition) is 1. The van der Waals surface area contributed by atoms with E-state index in [4.69, 9.17) is 0 Å². The van der Waals surface area contributed by atoms with E-state index in [0.717, 1.165) is 5.69 Å². The number of benzene rings is 2. The monoisotopic (exact) mass is 273 g/mol. The van der Waals surface area contributed by atoms with Crippen molar-refractivity contribution in [3.05, 3.63) is 77.5 Å². The van der Waals surface area contributed by atoms with Crippen molar-refractivity contribution in [3.63, 3.8) is 0 Å². The molecule has 0 spiro atoms. The van der Waals surface area contributed by atoms with Crippen LogP contribution in [0.4, 0.5) is 0 Å². The van der Waals surface area contributed by atoms with E-state index in [0.29, 0.717) is 0 Å². The van der Waals surface area contributed by atoms with Crippen LogP contribution in [0.15, 0.2) is 60.8 Å². The molecule has 0 unspecified atom stereocenters. The second-order valence-electron chi connectivity index (χ2n) is 5.57. The summed E-state index contributed by atoms with van der Waals surface area (Å²) in [6.07, 6.45) is 1.97. The molecule has 104 valence electrons. The molecule has 0 fully saturated rings. The zero-order chi connectivity index (χ0) is 14.8. The van der Waals surface area contributed by atoms with Crippen LogP contribution in [-0.4, -0.2) is 4.98 Å². The third kappa shape index (κ3) is 2.73. The summed E-state index contributed by atoms with van der Waals surface area (Å²) in [5.74, 6) is 0. The Kier molecular flexibility index (Phi) is 3.57. The predicted molar refractivity (Wildman–Crippen MR) is 89.3 cm³/mol. The predicted octanol–water partition coefficient (Wildman–Crippen LogP) is 5.34. The standard InChI is InChI=1S/C20H19N/c1-14-9-10-18(15(2)11-14)20-12-19(16(3)13-21-20)17-7-5-4-6-8-17/h4-13H,1-3H3. The molecule has 1 aromatic heterocycles. The van der Waals surface area contributed by atoms with Crippen molar-refractivity contribution in [2.45, 2.75) is 20.8 Å². The van der Waals surface area contributed by atoms with Gasteiger partial charge in [0.25, 0.3) is 0 Å². The molecule has 0 bridgehead atoms. The highest BCUT2D eigenvalue weighted by Gasteiger charge is 2.08. The molecule has 0 atom stereocenters. The van der Waals surface area contributed by atoms with Crippen LogP contribution in [0, 0.1) is 20.8 Å². The molecular formula is C20H19N. The van der Waals surface area contributed by atoms with Crippen LogP contribution >= 0.6 is 0 Å². The Labute approximate surface area is 126 Å². The number of aryl methyl sites for hydroxylation is 3. The van der Waals surface area contributed by atoms with Crippen molar-refractivity contribution >= 4 is 0 Å². The molecule has 1 nitrogen and oxygen atoms in total. The van der Waals surface area contributed by atoms with E-state index < -0.39 is 0 Å². The van der Waals surface area contributed by atoms with E-state index in [9.17, 15) is 0 Å². The van der Waals surface area contributed by atoms with Crippen molar-refractivity contribution in [3.8, 4) is 22.4 Å². The maximum Gasteiger partial charge on any atom is 0.0711 e. The maximum atomic E-state index is 4.63. The van der Waals surface area contributed by atoms with Crippen LogP contribution in [0.1, 0.15) is 16.7 Å². The Balaban J connectivity index is 2.14. The summed E-state index contributed by atoms with van der Waals surface area (Å²) >= 11 is 0. The molecule has 1 heteroatoms. The zero-order valence-corrected chi connectivity index (χ0v) is 12.7. The minimum absolute atomic E-state index is 1.04. The SMILES string of the molecule is Cc1ccc(-c2cc(-c3ccccc3)c(C)cn2)c(C)c1. The van der Waals surface area contributed by atoms with Gasteiger partial charge in [0.15, 0.2) is 0 Å². The van der Waals surface area contributed by atoms with Crippen molar-refractivity contribution in [1.82, 2.24) is 4.98 Å². The topological polar surface area (TPSA) is 12.9 Å². The number of aromatic nitrogens is 1. The first kappa shape index (κ1) is 13.6. The van der Waals surface area contributed by atoms with Crippen LogP contribution in [0.2, 0.25) is 0 Å². The Hall–Kier alpha value is -2.41. The van der Waals surface area contributed by atoms with E-state index in [2.05, 4.69) is 74.3 Å². The third-order valence-corrected chi connectivity index (χ3v) is 3.85. The van der Waals surface area contributed by atoms with Gasteiger partial charge in [-0.2, -0.15) is 0 Å². The van der Waals surface area contributed by atoms with E-state index >= 15 is 0 Å². The molecule has 21 heavy (non-hydrogen) atoms. The van der Waals surface area contributed by atoms with Gasteiger partial charge in [-0.3, -0.25) is 4.98 Å². The molecule has 0 aliphatic heterocycles. The van der Waals surface area contributed by atoms with Gasteiger partial charge in [-0.05, 0) is 49.1 Å². The van der Waals surface area contributed by atoms with Gasteiger partial charge in [-0.1, -0.05) is 54.1 Å². The maximum absolute atomic E-state index is 4.63. The number of pyridine rings is 1. The first-order valence-electron chi connectivity index (χ1n) is 7.25. The van der Waals surface area contributed by atoms with Gasteiger partial charge in [0.2, 0.25) is 0 Å². The van der Waals surface area contributed by atoms with Gasteiger partial charge in [0.1, 0.15) is 0 Å². The van der Waals surface area contributed by atoms with E-state index in [1.807, 2.05) is 12.3 Å². The summed E-state index contributed by atoms with van der Waals surface area (Å²) in [7, 11) is 0. The lowest BCUT2D eigenvalue weighted by Crippen LogP contribution is -1.92. The average molecular weight is 273 g/mol. The lowest BCUT2D eigenvalue weighted by atomic mass is 9.97. The normalized spacial score (nSPS) is 10.6. The summed E-state index contributed by atoms with van der Waals surface area (Å²) in [5.41, 5.74) is 8.49. The molecule has 0 saturated heterocycles. The summed E-state index contributed by atoms with van der Waals surface area (Å²) in [6, 6.07) is 19.2. The van der Waals surface area contributed by atoms with Gasteiger partial charge in [0, 0.05) is 11.8 Å². The third-order valence-electron chi connectivity index (χ3n) is 3.85. The van der Waals surface area contributed by atoms with Gasteiger partial charge in [-0.25, -0.2) is 0 Å². The van der Waals surface area contributed by atoms with E-state index in [1.165, 1.54) is 33.4 Å². The van der Waals surface area contributed by atoms with Gasteiger partial charge >= 0.3 is 0 Å². The summed E-state index contributed by atoms with van der Waals surface area (Å²) in [6.45, 7) is 6.38. The Morgan fingerprint density at radius 1 is 0.714 bits per heavy atom. The second-order valence-corrected chi connectivity index (χ2v) is 5.57. The van der Waals surface area contributed by atoms with E-state index in [1.54, 1.807) is 0 Å². The molecule has 0 saturated carbocycles. The zero-order valence-electron chi connectivity index (χ0n) is 12.7. The lowest BCUT2D eigenvalue weighted by Gasteiger charge is -2.11. The summed E-state index contributed by atoms with van der Waals surface area (Å²) < 4.78 is 0. The first-order chi connectivity index (χ1) is 10.1. The second kappa shape index (κ2) is 5.53. The highest BCUT2D eigenvalue weighted by atomic mass is 14.7. The smallest absolute Gasteiger partial charge is 0.0711 e. The van der Waals surface area contributed by atoms with Crippen LogP contribution in [0.25, 0.3) is 22.4 Å². The fraction of sp³-hybridized carbons (Fsp3) is 0.150. The fourth-order valence-electron chi connectivity index (χ4n) is 2.70. The molecule has 2 aromatic carbocycles. The number of nitrogens with zero attached hydrogens (tertiary/aromatic N) is 1. The fourth-order valence-corrected chi connectivity index (χ4v) is 2.70. The number of hydrogen-bond donors (Lipinski definition) is 0. The van der Waals surface area contributed by atoms with Crippen molar-refractivity contribution in [2.75, 3.05) is 0 Å². The quantitative estimate of drug-likeness (QED) is 0.614. The van der Waals surface area contributed by atoms with Gasteiger partial charge < -0.3 is 0 Å². The van der Waals surface area contributed by atoms with Crippen molar-refractivity contribution in [1.29, 1.82) is 0 Å². The largest absolute Gasteiger partial charge is 0.256 e. The van der Waals surface area contributed by atoms with Crippen molar-refractivity contribution < 1.29 is 0 Å². The average Bonchev–Trinajstić information content (AvgIpc) is 2.49. The molecule has 3 rings (SSSR count). The van der Waals surface area contributed by atoms with E-state index in [-0.39, 0.29) is 0 Å². The van der Waals surface area contributed by atoms with Crippen LogP contribution < -0.4 is 0 Å². The molecule has 0 aliphatic carbocycles. The Morgan fingerprint density at radius 3 is 2.19 bits per heavy atom. The van der Waals surface area contributed by atoms with Gasteiger partial charge in [-0.15, -0.1) is 0 Å². The summed E-state index contributed by atoms with van der Waals surface area (Å²) in [4.78, 5) is 4.63. The van der Waals surface area contributed by atoms with Crippen LogP contribution in [0.3, 0.4) is 0 Å². The molecule has 0 amide bonds. The minimum atomic E-state index is 1.04. The molecular weight excluding hydrogens is 254 g/mol. The molecule has 3 aromatic rings. The molecule has 0 aliphatic rings. The van der Waals surface area contributed by atoms with Gasteiger partial charge in [0.05, 0.1) is 5.69 Å². The Bertz CT molecular complexity index is 773. The Morgan fingerprint density at radius 2 is 1.48 bits per heavy atom. The molecule has 0 N–H and O–H groups in total.